The monoisotopic (exact) mass is 416 g/mol. The molecule has 1 aromatic carbocycles. The summed E-state index contributed by atoms with van der Waals surface area (Å²) in [5.41, 5.74) is -0.347. The molecule has 8 heteroatoms. The normalized spacial score (nSPS) is 16.9. The van der Waals surface area contributed by atoms with E-state index in [0.29, 0.717) is 25.3 Å². The van der Waals surface area contributed by atoms with Crippen molar-refractivity contribution in [3.05, 3.63) is 41.2 Å². The number of benzene rings is 1. The zero-order valence-electron chi connectivity index (χ0n) is 16.2. The van der Waals surface area contributed by atoms with Crippen molar-refractivity contribution in [2.75, 3.05) is 26.3 Å². The summed E-state index contributed by atoms with van der Waals surface area (Å²) in [6, 6.07) is 7.76. The van der Waals surface area contributed by atoms with E-state index in [-0.39, 0.29) is 19.3 Å². The van der Waals surface area contributed by atoms with Gasteiger partial charge in [0, 0.05) is 55.3 Å². The first-order valence-electron chi connectivity index (χ1n) is 9.66. The molecule has 2 aromatic heterocycles. The maximum atomic E-state index is 15.2. The van der Waals surface area contributed by atoms with Crippen LogP contribution in [0.4, 0.5) is 8.78 Å². The number of nitrogens with zero attached hydrogens (tertiary/aromatic N) is 4. The Kier molecular flexibility index (Phi) is 5.65. The summed E-state index contributed by atoms with van der Waals surface area (Å²) in [6.07, 6.45) is 1.89. The second kappa shape index (κ2) is 8.20. The second-order valence-corrected chi connectivity index (χ2v) is 8.64. The summed E-state index contributed by atoms with van der Waals surface area (Å²) >= 11 is 1.52. The number of aromatic nitrogens is 3. The van der Waals surface area contributed by atoms with E-state index in [9.17, 15) is 9.18 Å². The molecule has 0 saturated carbocycles. The molecule has 3 heterocycles. The number of halogens is 2. The summed E-state index contributed by atoms with van der Waals surface area (Å²) in [5.74, 6) is -0.444. The predicted octanol–water partition coefficient (Wildman–Crippen LogP) is 3.95. The van der Waals surface area contributed by atoms with E-state index >= 15 is 4.39 Å². The van der Waals surface area contributed by atoms with Gasteiger partial charge in [-0.3, -0.25) is 9.78 Å². The van der Waals surface area contributed by atoms with Crippen molar-refractivity contribution in [2.24, 2.45) is 0 Å². The molecule has 0 unspecified atom stereocenters. The third-order valence-electron chi connectivity index (χ3n) is 5.44. The minimum Gasteiger partial charge on any atom is -0.300 e. The van der Waals surface area contributed by atoms with Crippen LogP contribution in [0, 0.1) is 6.92 Å². The summed E-state index contributed by atoms with van der Waals surface area (Å²) < 4.78 is 27.6. The Balaban J connectivity index is 1.51. The first-order chi connectivity index (χ1) is 14.0. The van der Waals surface area contributed by atoms with E-state index in [1.165, 1.54) is 11.3 Å². The van der Waals surface area contributed by atoms with E-state index in [4.69, 9.17) is 0 Å². The Labute approximate surface area is 171 Å². The number of ketones is 1. The van der Waals surface area contributed by atoms with Crippen LogP contribution in [0.25, 0.3) is 21.3 Å². The van der Waals surface area contributed by atoms with Crippen molar-refractivity contribution in [1.29, 1.82) is 0 Å². The highest BCUT2D eigenvalue weighted by Crippen LogP contribution is 2.30. The molecule has 4 rings (SSSR count). The van der Waals surface area contributed by atoms with Crippen LogP contribution < -0.4 is 0 Å². The van der Waals surface area contributed by atoms with E-state index in [1.807, 2.05) is 36.1 Å². The molecular formula is C21H22F2N4OS. The molecule has 0 bridgehead atoms. The van der Waals surface area contributed by atoms with Crippen LogP contribution >= 0.6 is 11.3 Å². The number of fused-ring (bicyclic) bond motifs is 1. The number of hydrogen-bond donors (Lipinski definition) is 0. The van der Waals surface area contributed by atoms with Gasteiger partial charge in [-0.05, 0) is 24.4 Å². The van der Waals surface area contributed by atoms with Crippen LogP contribution in [0.2, 0.25) is 0 Å². The number of rotatable bonds is 6. The van der Waals surface area contributed by atoms with Gasteiger partial charge < -0.3 is 4.90 Å². The van der Waals surface area contributed by atoms with Crippen LogP contribution in [-0.4, -0.2) is 57.8 Å². The van der Waals surface area contributed by atoms with Gasteiger partial charge in [0.1, 0.15) is 16.7 Å². The topological polar surface area (TPSA) is 59.0 Å². The van der Waals surface area contributed by atoms with Crippen molar-refractivity contribution in [3.8, 4) is 10.6 Å². The second-order valence-electron chi connectivity index (χ2n) is 7.46. The highest BCUT2D eigenvalue weighted by atomic mass is 32.1. The molecular weight excluding hydrogens is 394 g/mol. The number of Topliss-reactive ketones (excluding diaryl/α,β-unsaturated/α-hetero) is 1. The fourth-order valence-corrected chi connectivity index (χ4v) is 4.37. The highest BCUT2D eigenvalue weighted by molar-refractivity contribution is 7.14. The minimum atomic E-state index is -1.85. The maximum absolute atomic E-state index is 15.2. The molecule has 0 atom stereocenters. The van der Waals surface area contributed by atoms with Crippen molar-refractivity contribution >= 4 is 27.9 Å². The summed E-state index contributed by atoms with van der Waals surface area (Å²) in [6.45, 7) is 2.56. The average molecular weight is 416 g/mol. The maximum Gasteiger partial charge on any atom is 0.175 e. The standard InChI is InChI=1S/C21H22F2N4OS/c1-14-25-26-20(29-14)15-2-3-16-13-24-18(11-17(16)10-15)12-19(28)21(23)4-7-27(8-5-21)9-6-22/h2-3,10-11,13H,4-9,12H2,1H3. The van der Waals surface area contributed by atoms with E-state index in [2.05, 4.69) is 15.2 Å². The molecule has 0 radical (unpaired) electrons. The van der Waals surface area contributed by atoms with Crippen molar-refractivity contribution < 1.29 is 13.6 Å². The number of likely N-dealkylation sites (tertiary alicyclic amines) is 1. The fraction of sp³-hybridized carbons (Fsp3) is 0.429. The Hall–Kier alpha value is -2.32. The molecule has 1 saturated heterocycles. The van der Waals surface area contributed by atoms with Gasteiger partial charge >= 0.3 is 0 Å². The van der Waals surface area contributed by atoms with Crippen LogP contribution in [-0.2, 0) is 11.2 Å². The van der Waals surface area contributed by atoms with E-state index < -0.39 is 18.1 Å². The molecule has 0 aliphatic carbocycles. The van der Waals surface area contributed by atoms with Crippen LogP contribution in [0.5, 0.6) is 0 Å². The van der Waals surface area contributed by atoms with Crippen molar-refractivity contribution in [2.45, 2.75) is 31.9 Å². The summed E-state index contributed by atoms with van der Waals surface area (Å²) in [7, 11) is 0. The SMILES string of the molecule is Cc1nnc(-c2ccc3cnc(CC(=O)C4(F)CCN(CCF)CC4)cc3c2)s1. The predicted molar refractivity (Wildman–Crippen MR) is 110 cm³/mol. The van der Waals surface area contributed by atoms with Crippen LogP contribution in [0.15, 0.2) is 30.5 Å². The summed E-state index contributed by atoms with van der Waals surface area (Å²) in [4.78, 5) is 18.9. The van der Waals surface area contributed by atoms with Gasteiger partial charge in [0.25, 0.3) is 0 Å². The number of hydrogen-bond acceptors (Lipinski definition) is 6. The van der Waals surface area contributed by atoms with Crippen molar-refractivity contribution in [3.63, 3.8) is 0 Å². The molecule has 0 N–H and O–H groups in total. The number of alkyl halides is 2. The Morgan fingerprint density at radius 1 is 1.21 bits per heavy atom. The quantitative estimate of drug-likeness (QED) is 0.609. The van der Waals surface area contributed by atoms with Gasteiger partial charge in [-0.1, -0.05) is 23.5 Å². The zero-order chi connectivity index (χ0) is 20.4. The highest BCUT2D eigenvalue weighted by Gasteiger charge is 2.41. The summed E-state index contributed by atoms with van der Waals surface area (Å²) in [5, 5.41) is 11.8. The van der Waals surface area contributed by atoms with Gasteiger partial charge in [-0.2, -0.15) is 0 Å². The van der Waals surface area contributed by atoms with Gasteiger partial charge in [-0.25, -0.2) is 8.78 Å². The van der Waals surface area contributed by atoms with E-state index in [0.717, 1.165) is 26.4 Å². The molecule has 1 aliphatic rings. The van der Waals surface area contributed by atoms with Crippen LogP contribution in [0.3, 0.4) is 0 Å². The number of carbonyl (C=O) groups is 1. The largest absolute Gasteiger partial charge is 0.300 e. The number of carbonyl (C=O) groups excluding carboxylic acids is 1. The lowest BCUT2D eigenvalue weighted by molar-refractivity contribution is -0.133. The molecule has 0 spiro atoms. The first-order valence-corrected chi connectivity index (χ1v) is 10.5. The van der Waals surface area contributed by atoms with Gasteiger partial charge in [-0.15, -0.1) is 10.2 Å². The molecule has 152 valence electrons. The molecule has 29 heavy (non-hydrogen) atoms. The molecule has 5 nitrogen and oxygen atoms in total. The molecule has 1 fully saturated rings. The zero-order valence-corrected chi connectivity index (χ0v) is 17.0. The minimum absolute atomic E-state index is 0.0440. The lowest BCUT2D eigenvalue weighted by Crippen LogP contribution is -2.47. The number of piperidine rings is 1. The number of pyridine rings is 1. The van der Waals surface area contributed by atoms with Gasteiger partial charge in [0.2, 0.25) is 0 Å². The third-order valence-corrected chi connectivity index (χ3v) is 6.33. The molecule has 1 aliphatic heterocycles. The molecule has 0 amide bonds. The van der Waals surface area contributed by atoms with Crippen LogP contribution in [0.1, 0.15) is 23.5 Å². The number of aryl methyl sites for hydroxylation is 1. The Morgan fingerprint density at radius 2 is 2.00 bits per heavy atom. The Morgan fingerprint density at radius 3 is 2.69 bits per heavy atom. The molecule has 3 aromatic rings. The third kappa shape index (κ3) is 4.33. The smallest absolute Gasteiger partial charge is 0.175 e. The van der Waals surface area contributed by atoms with E-state index in [1.54, 1.807) is 6.20 Å². The van der Waals surface area contributed by atoms with Crippen molar-refractivity contribution in [1.82, 2.24) is 20.1 Å². The Bertz CT molecular complexity index is 1030. The fourth-order valence-electron chi connectivity index (χ4n) is 3.68. The lowest BCUT2D eigenvalue weighted by atomic mass is 9.87. The average Bonchev–Trinajstić information content (AvgIpc) is 3.16. The first kappa shape index (κ1) is 20.0. The van der Waals surface area contributed by atoms with Gasteiger partial charge in [0.15, 0.2) is 11.5 Å². The van der Waals surface area contributed by atoms with Gasteiger partial charge in [0.05, 0.1) is 6.42 Å². The lowest BCUT2D eigenvalue weighted by Gasteiger charge is -2.34.